The van der Waals surface area contributed by atoms with Crippen molar-refractivity contribution < 1.29 is 0 Å². The molecule has 0 aromatic heterocycles. The van der Waals surface area contributed by atoms with Crippen LogP contribution in [-0.2, 0) is 0 Å². The van der Waals surface area contributed by atoms with Gasteiger partial charge in [0.25, 0.3) is 0 Å². The molecule has 17 heavy (non-hydrogen) atoms. The fourth-order valence-electron chi connectivity index (χ4n) is 3.32. The van der Waals surface area contributed by atoms with Crippen LogP contribution in [0.2, 0.25) is 0 Å². The van der Waals surface area contributed by atoms with Gasteiger partial charge in [-0.05, 0) is 58.0 Å². The molecule has 2 heteroatoms. The molecule has 0 radical (unpaired) electrons. The third kappa shape index (κ3) is 3.69. The molecule has 2 unspecified atom stereocenters. The van der Waals surface area contributed by atoms with Crippen LogP contribution in [0.25, 0.3) is 0 Å². The fourth-order valence-corrected chi connectivity index (χ4v) is 3.32. The van der Waals surface area contributed by atoms with E-state index in [1.54, 1.807) is 0 Å². The van der Waals surface area contributed by atoms with Crippen molar-refractivity contribution >= 4 is 0 Å². The topological polar surface area (TPSA) is 15.3 Å². The van der Waals surface area contributed by atoms with Crippen molar-refractivity contribution in [1.29, 1.82) is 0 Å². The zero-order valence-electron chi connectivity index (χ0n) is 11.8. The summed E-state index contributed by atoms with van der Waals surface area (Å²) in [6.45, 7) is 8.54. The van der Waals surface area contributed by atoms with Crippen LogP contribution < -0.4 is 5.32 Å². The van der Waals surface area contributed by atoms with E-state index >= 15 is 0 Å². The van der Waals surface area contributed by atoms with Crippen LogP contribution in [0.4, 0.5) is 0 Å². The molecule has 1 aliphatic heterocycles. The maximum absolute atomic E-state index is 3.70. The molecule has 1 aliphatic carbocycles. The predicted octanol–water partition coefficient (Wildman–Crippen LogP) is 3.03. The highest BCUT2D eigenvalue weighted by molar-refractivity contribution is 4.87. The van der Waals surface area contributed by atoms with E-state index < -0.39 is 0 Å². The van der Waals surface area contributed by atoms with Crippen molar-refractivity contribution in [2.75, 3.05) is 19.6 Å². The molecule has 1 heterocycles. The first kappa shape index (κ1) is 13.4. The Morgan fingerprint density at radius 1 is 1.18 bits per heavy atom. The number of piperidine rings is 1. The van der Waals surface area contributed by atoms with E-state index in [0.29, 0.717) is 6.04 Å². The summed E-state index contributed by atoms with van der Waals surface area (Å²) in [5, 5.41) is 3.70. The minimum absolute atomic E-state index is 0.676. The second kappa shape index (κ2) is 6.75. The average Bonchev–Trinajstić information content (AvgIpc) is 2.31. The normalized spacial score (nSPS) is 28.9. The van der Waals surface area contributed by atoms with Crippen molar-refractivity contribution in [3.63, 3.8) is 0 Å². The average molecular weight is 238 g/mol. The van der Waals surface area contributed by atoms with Crippen LogP contribution in [0.1, 0.15) is 58.8 Å². The van der Waals surface area contributed by atoms with E-state index in [1.807, 2.05) is 0 Å². The van der Waals surface area contributed by atoms with Gasteiger partial charge in [0.1, 0.15) is 0 Å². The molecule has 2 fully saturated rings. The van der Waals surface area contributed by atoms with Gasteiger partial charge in [-0.3, -0.25) is 4.90 Å². The van der Waals surface area contributed by atoms with Gasteiger partial charge < -0.3 is 5.32 Å². The van der Waals surface area contributed by atoms with Gasteiger partial charge >= 0.3 is 0 Å². The molecule has 0 bridgehead atoms. The Kier molecular flexibility index (Phi) is 5.30. The number of likely N-dealkylation sites (tertiary alicyclic amines) is 1. The zero-order chi connectivity index (χ0) is 12.1. The SMILES string of the molecule is CCCNC(C)C1CCCCN1CC1CCC1. The van der Waals surface area contributed by atoms with Gasteiger partial charge in [-0.2, -0.15) is 0 Å². The molecule has 0 aromatic rings. The van der Waals surface area contributed by atoms with Crippen LogP contribution in [0.3, 0.4) is 0 Å². The van der Waals surface area contributed by atoms with Gasteiger partial charge in [-0.15, -0.1) is 0 Å². The monoisotopic (exact) mass is 238 g/mol. The first-order valence-electron chi connectivity index (χ1n) is 7.78. The fraction of sp³-hybridized carbons (Fsp3) is 1.00. The smallest absolute Gasteiger partial charge is 0.0246 e. The standard InChI is InChI=1S/C15H30N2/c1-3-10-16-13(2)15-9-4-5-11-17(15)12-14-7-6-8-14/h13-16H,3-12H2,1-2H3. The lowest BCUT2D eigenvalue weighted by Crippen LogP contribution is -2.52. The van der Waals surface area contributed by atoms with Gasteiger partial charge in [0.05, 0.1) is 0 Å². The van der Waals surface area contributed by atoms with E-state index in [-0.39, 0.29) is 0 Å². The third-order valence-electron chi connectivity index (χ3n) is 4.68. The van der Waals surface area contributed by atoms with Crippen molar-refractivity contribution in [3.8, 4) is 0 Å². The number of hydrogen-bond acceptors (Lipinski definition) is 2. The Morgan fingerprint density at radius 2 is 2.00 bits per heavy atom. The summed E-state index contributed by atoms with van der Waals surface area (Å²) < 4.78 is 0. The number of nitrogens with zero attached hydrogens (tertiary/aromatic N) is 1. The second-order valence-electron chi connectivity index (χ2n) is 6.10. The van der Waals surface area contributed by atoms with Gasteiger partial charge in [-0.25, -0.2) is 0 Å². The van der Waals surface area contributed by atoms with Crippen LogP contribution in [0.15, 0.2) is 0 Å². The quantitative estimate of drug-likeness (QED) is 0.765. The lowest BCUT2D eigenvalue weighted by Gasteiger charge is -2.43. The van der Waals surface area contributed by atoms with Crippen LogP contribution in [0.5, 0.6) is 0 Å². The summed E-state index contributed by atoms with van der Waals surface area (Å²) >= 11 is 0. The Morgan fingerprint density at radius 3 is 2.65 bits per heavy atom. The first-order valence-corrected chi connectivity index (χ1v) is 7.78. The number of hydrogen-bond donors (Lipinski definition) is 1. The maximum atomic E-state index is 3.70. The van der Waals surface area contributed by atoms with Gasteiger partial charge in [0.15, 0.2) is 0 Å². The third-order valence-corrected chi connectivity index (χ3v) is 4.68. The van der Waals surface area contributed by atoms with Gasteiger partial charge in [0.2, 0.25) is 0 Å². The highest BCUT2D eigenvalue weighted by Crippen LogP contribution is 2.30. The summed E-state index contributed by atoms with van der Waals surface area (Å²) in [5.74, 6) is 1.02. The highest BCUT2D eigenvalue weighted by Gasteiger charge is 2.30. The predicted molar refractivity (Wildman–Crippen MR) is 74.3 cm³/mol. The van der Waals surface area contributed by atoms with E-state index in [4.69, 9.17) is 0 Å². The molecule has 2 atom stereocenters. The maximum Gasteiger partial charge on any atom is 0.0246 e. The number of rotatable bonds is 6. The van der Waals surface area contributed by atoms with Crippen molar-refractivity contribution in [3.05, 3.63) is 0 Å². The largest absolute Gasteiger partial charge is 0.313 e. The molecule has 2 nitrogen and oxygen atoms in total. The Labute approximate surface area is 107 Å². The van der Waals surface area contributed by atoms with Crippen LogP contribution in [0, 0.1) is 5.92 Å². The Balaban J connectivity index is 1.81. The molecule has 0 amide bonds. The molecular formula is C15H30N2. The summed E-state index contributed by atoms with van der Waals surface area (Å²) in [7, 11) is 0. The van der Waals surface area contributed by atoms with E-state index in [2.05, 4.69) is 24.1 Å². The molecule has 1 saturated heterocycles. The van der Waals surface area contributed by atoms with Crippen molar-refractivity contribution in [2.24, 2.45) is 5.92 Å². The Bertz CT molecular complexity index is 213. The van der Waals surface area contributed by atoms with Crippen molar-refractivity contribution in [1.82, 2.24) is 10.2 Å². The first-order chi connectivity index (χ1) is 8.31. The summed E-state index contributed by atoms with van der Waals surface area (Å²) in [6, 6.07) is 1.48. The lowest BCUT2D eigenvalue weighted by atomic mass is 9.83. The molecule has 2 rings (SSSR count). The zero-order valence-corrected chi connectivity index (χ0v) is 11.8. The molecule has 2 aliphatic rings. The highest BCUT2D eigenvalue weighted by atomic mass is 15.2. The lowest BCUT2D eigenvalue weighted by molar-refractivity contribution is 0.0811. The van der Waals surface area contributed by atoms with Crippen LogP contribution in [-0.4, -0.2) is 36.6 Å². The van der Waals surface area contributed by atoms with Gasteiger partial charge in [0, 0.05) is 18.6 Å². The van der Waals surface area contributed by atoms with Crippen molar-refractivity contribution in [2.45, 2.75) is 70.9 Å². The van der Waals surface area contributed by atoms with Gasteiger partial charge in [-0.1, -0.05) is 19.8 Å². The molecular weight excluding hydrogens is 208 g/mol. The molecule has 0 spiro atoms. The Hall–Kier alpha value is -0.0800. The van der Waals surface area contributed by atoms with Crippen LogP contribution >= 0.6 is 0 Å². The number of nitrogens with one attached hydrogen (secondary N) is 1. The minimum Gasteiger partial charge on any atom is -0.313 e. The summed E-state index contributed by atoms with van der Waals surface area (Å²) in [6.07, 6.45) is 9.96. The van der Waals surface area contributed by atoms with E-state index in [1.165, 1.54) is 64.6 Å². The summed E-state index contributed by atoms with van der Waals surface area (Å²) in [5.41, 5.74) is 0. The summed E-state index contributed by atoms with van der Waals surface area (Å²) in [4.78, 5) is 2.79. The molecule has 1 N–H and O–H groups in total. The molecule has 100 valence electrons. The second-order valence-corrected chi connectivity index (χ2v) is 6.10. The minimum atomic E-state index is 0.676. The molecule has 1 saturated carbocycles. The molecule has 0 aromatic carbocycles. The van der Waals surface area contributed by atoms with E-state index in [9.17, 15) is 0 Å². The van der Waals surface area contributed by atoms with E-state index in [0.717, 1.165) is 12.0 Å².